The number of hydrogen-bond acceptors (Lipinski definition) is 2. The molecule has 17 heavy (non-hydrogen) atoms. The first-order valence-corrected chi connectivity index (χ1v) is 6.67. The molecule has 1 fully saturated rings. The van der Waals surface area contributed by atoms with E-state index in [4.69, 9.17) is 0 Å². The average molecular weight is 233 g/mol. The van der Waals surface area contributed by atoms with E-state index < -0.39 is 0 Å². The topological polar surface area (TPSA) is 32.3 Å². The molecule has 2 heteroatoms. The van der Waals surface area contributed by atoms with Crippen molar-refractivity contribution in [3.63, 3.8) is 0 Å². The van der Waals surface area contributed by atoms with Crippen LogP contribution in [0.15, 0.2) is 24.3 Å². The molecule has 1 saturated carbocycles. The van der Waals surface area contributed by atoms with Crippen LogP contribution in [0.1, 0.15) is 37.7 Å². The average Bonchev–Trinajstić information content (AvgIpc) is 2.34. The van der Waals surface area contributed by atoms with E-state index in [1.807, 2.05) is 7.05 Å². The fourth-order valence-electron chi connectivity index (χ4n) is 3.14. The lowest BCUT2D eigenvalue weighted by Crippen LogP contribution is -2.36. The van der Waals surface area contributed by atoms with Crippen molar-refractivity contribution in [3.05, 3.63) is 29.8 Å². The maximum absolute atomic E-state index is 9.32. The number of rotatable bonds is 4. The summed E-state index contributed by atoms with van der Waals surface area (Å²) in [5.41, 5.74) is 1.78. The van der Waals surface area contributed by atoms with Crippen LogP contribution >= 0.6 is 0 Å². The maximum Gasteiger partial charge on any atom is 0.115 e. The minimum absolute atomic E-state index is 0.361. The molecule has 0 unspecified atom stereocenters. The largest absolute Gasteiger partial charge is 0.508 e. The van der Waals surface area contributed by atoms with Crippen molar-refractivity contribution in [3.8, 4) is 5.75 Å². The van der Waals surface area contributed by atoms with Gasteiger partial charge in [0.15, 0.2) is 0 Å². The summed E-state index contributed by atoms with van der Waals surface area (Å²) in [5, 5.41) is 12.7. The molecule has 0 saturated heterocycles. The third kappa shape index (κ3) is 3.22. The molecule has 1 aliphatic rings. The number of hydrogen-bond donors (Lipinski definition) is 2. The summed E-state index contributed by atoms with van der Waals surface area (Å²) in [5.74, 6) is 0.361. The minimum Gasteiger partial charge on any atom is -0.508 e. The van der Waals surface area contributed by atoms with Crippen LogP contribution in [0.3, 0.4) is 0 Å². The molecule has 2 nitrogen and oxygen atoms in total. The third-order valence-corrected chi connectivity index (χ3v) is 3.98. The van der Waals surface area contributed by atoms with Crippen LogP contribution in [0.5, 0.6) is 5.75 Å². The molecule has 0 aromatic heterocycles. The van der Waals surface area contributed by atoms with Crippen LogP contribution in [0, 0.1) is 5.41 Å². The monoisotopic (exact) mass is 233 g/mol. The number of nitrogens with one attached hydrogen (secondary N) is 1. The van der Waals surface area contributed by atoms with Crippen molar-refractivity contribution in [2.75, 3.05) is 13.6 Å². The zero-order valence-electron chi connectivity index (χ0n) is 10.7. The molecule has 0 bridgehead atoms. The summed E-state index contributed by atoms with van der Waals surface area (Å²) in [4.78, 5) is 0. The fourth-order valence-corrected chi connectivity index (χ4v) is 3.14. The molecule has 0 amide bonds. The zero-order chi connectivity index (χ0) is 12.1. The van der Waals surface area contributed by atoms with Crippen molar-refractivity contribution < 1.29 is 5.11 Å². The second-order valence-corrected chi connectivity index (χ2v) is 5.43. The molecule has 0 radical (unpaired) electrons. The molecular formula is C15H23NO. The van der Waals surface area contributed by atoms with Crippen LogP contribution in [-0.2, 0) is 6.42 Å². The molecule has 1 aromatic carbocycles. The van der Waals surface area contributed by atoms with Gasteiger partial charge >= 0.3 is 0 Å². The Bertz CT molecular complexity index is 333. The van der Waals surface area contributed by atoms with Gasteiger partial charge in [0.2, 0.25) is 0 Å². The van der Waals surface area contributed by atoms with Gasteiger partial charge in [-0.05, 0) is 49.4 Å². The zero-order valence-corrected chi connectivity index (χ0v) is 10.7. The van der Waals surface area contributed by atoms with Crippen molar-refractivity contribution >= 4 is 0 Å². The predicted molar refractivity (Wildman–Crippen MR) is 71.3 cm³/mol. The van der Waals surface area contributed by atoms with Crippen LogP contribution in [-0.4, -0.2) is 18.7 Å². The first-order valence-electron chi connectivity index (χ1n) is 6.67. The van der Waals surface area contributed by atoms with Gasteiger partial charge in [-0.15, -0.1) is 0 Å². The standard InChI is InChI=1S/C15H23NO/c1-16-12-15(9-3-2-4-10-15)11-13-5-7-14(17)8-6-13/h5-8,16-17H,2-4,9-12H2,1H3. The number of phenols is 1. The van der Waals surface area contributed by atoms with Crippen molar-refractivity contribution in [2.45, 2.75) is 38.5 Å². The van der Waals surface area contributed by atoms with Crippen LogP contribution in [0.4, 0.5) is 0 Å². The van der Waals surface area contributed by atoms with Gasteiger partial charge in [0.1, 0.15) is 5.75 Å². The SMILES string of the molecule is CNCC1(Cc2ccc(O)cc2)CCCCC1. The van der Waals surface area contributed by atoms with Crippen LogP contribution in [0.2, 0.25) is 0 Å². The van der Waals surface area contributed by atoms with E-state index in [9.17, 15) is 5.11 Å². The second-order valence-electron chi connectivity index (χ2n) is 5.43. The molecule has 0 atom stereocenters. The number of aromatic hydroxyl groups is 1. The summed E-state index contributed by atoms with van der Waals surface area (Å²) in [6, 6.07) is 7.71. The van der Waals surface area contributed by atoms with Crippen LogP contribution in [0.25, 0.3) is 0 Å². The Labute approximate surface area is 104 Å². The molecule has 94 valence electrons. The highest BCUT2D eigenvalue weighted by molar-refractivity contribution is 5.26. The highest BCUT2D eigenvalue weighted by atomic mass is 16.3. The van der Waals surface area contributed by atoms with Gasteiger partial charge in [-0.2, -0.15) is 0 Å². The highest BCUT2D eigenvalue weighted by Crippen LogP contribution is 2.38. The van der Waals surface area contributed by atoms with Gasteiger partial charge in [-0.1, -0.05) is 31.4 Å². The predicted octanol–water partition coefficient (Wildman–Crippen LogP) is 3.10. The Morgan fingerprint density at radius 2 is 1.76 bits per heavy atom. The summed E-state index contributed by atoms with van der Waals surface area (Å²) >= 11 is 0. The van der Waals surface area contributed by atoms with Gasteiger partial charge in [0, 0.05) is 6.54 Å². The molecule has 1 aliphatic carbocycles. The summed E-state index contributed by atoms with van der Waals surface area (Å²) in [6.45, 7) is 1.11. The van der Waals surface area contributed by atoms with Crippen LogP contribution < -0.4 is 5.32 Å². The Hall–Kier alpha value is -1.02. The van der Waals surface area contributed by atoms with Gasteiger partial charge in [0.05, 0.1) is 0 Å². The quantitative estimate of drug-likeness (QED) is 0.837. The fraction of sp³-hybridized carbons (Fsp3) is 0.600. The van der Waals surface area contributed by atoms with E-state index in [1.54, 1.807) is 12.1 Å². The Morgan fingerprint density at radius 3 is 2.35 bits per heavy atom. The van der Waals surface area contributed by atoms with E-state index in [-0.39, 0.29) is 0 Å². The lowest BCUT2D eigenvalue weighted by Gasteiger charge is -2.37. The Kier molecular flexibility index (Phi) is 4.06. The Balaban J connectivity index is 2.08. The van der Waals surface area contributed by atoms with E-state index >= 15 is 0 Å². The smallest absolute Gasteiger partial charge is 0.115 e. The lowest BCUT2D eigenvalue weighted by molar-refractivity contribution is 0.185. The first-order chi connectivity index (χ1) is 8.24. The van der Waals surface area contributed by atoms with E-state index in [1.165, 1.54) is 37.7 Å². The highest BCUT2D eigenvalue weighted by Gasteiger charge is 2.31. The maximum atomic E-state index is 9.32. The third-order valence-electron chi connectivity index (χ3n) is 3.98. The van der Waals surface area contributed by atoms with E-state index in [0.717, 1.165) is 13.0 Å². The molecule has 1 aromatic rings. The van der Waals surface area contributed by atoms with E-state index in [2.05, 4.69) is 17.4 Å². The molecule has 2 rings (SSSR count). The first kappa shape index (κ1) is 12.4. The van der Waals surface area contributed by atoms with Crippen molar-refractivity contribution in [1.82, 2.24) is 5.32 Å². The molecule has 2 N–H and O–H groups in total. The normalized spacial score (nSPS) is 19.1. The van der Waals surface area contributed by atoms with Gasteiger partial charge < -0.3 is 10.4 Å². The molecule has 0 heterocycles. The van der Waals surface area contributed by atoms with Gasteiger partial charge in [-0.3, -0.25) is 0 Å². The second kappa shape index (κ2) is 5.54. The lowest BCUT2D eigenvalue weighted by atomic mass is 9.70. The van der Waals surface area contributed by atoms with Crippen molar-refractivity contribution in [2.24, 2.45) is 5.41 Å². The molecule has 0 aliphatic heterocycles. The van der Waals surface area contributed by atoms with E-state index in [0.29, 0.717) is 11.2 Å². The summed E-state index contributed by atoms with van der Waals surface area (Å²) in [7, 11) is 2.05. The number of benzene rings is 1. The minimum atomic E-state index is 0.361. The number of phenolic OH excluding ortho intramolecular Hbond substituents is 1. The van der Waals surface area contributed by atoms with Gasteiger partial charge in [-0.25, -0.2) is 0 Å². The Morgan fingerprint density at radius 1 is 1.12 bits per heavy atom. The summed E-state index contributed by atoms with van der Waals surface area (Å²) in [6.07, 6.45) is 7.90. The summed E-state index contributed by atoms with van der Waals surface area (Å²) < 4.78 is 0. The van der Waals surface area contributed by atoms with Crippen molar-refractivity contribution in [1.29, 1.82) is 0 Å². The molecule has 0 spiro atoms. The molecular weight excluding hydrogens is 210 g/mol. The van der Waals surface area contributed by atoms with Gasteiger partial charge in [0.25, 0.3) is 0 Å².